The maximum absolute atomic E-state index is 13.6. The van der Waals surface area contributed by atoms with Crippen LogP contribution in [0.2, 0.25) is 0 Å². The highest BCUT2D eigenvalue weighted by Gasteiger charge is 2.15. The molecule has 2 aromatic rings. The van der Waals surface area contributed by atoms with E-state index in [4.69, 9.17) is 0 Å². The van der Waals surface area contributed by atoms with E-state index in [1.54, 1.807) is 0 Å². The van der Waals surface area contributed by atoms with E-state index in [9.17, 15) is 8.78 Å². The molecule has 1 aliphatic rings. The summed E-state index contributed by atoms with van der Waals surface area (Å²) in [5.74, 6) is -1.08. The van der Waals surface area contributed by atoms with E-state index in [1.165, 1.54) is 12.1 Å². The Hall–Kier alpha value is -1.39. The number of halogens is 3. The average Bonchev–Trinajstić information content (AvgIpc) is 2.72. The van der Waals surface area contributed by atoms with E-state index in [-0.39, 0.29) is 12.4 Å². The summed E-state index contributed by atoms with van der Waals surface area (Å²) in [6.07, 6.45) is 0.915. The fourth-order valence-corrected chi connectivity index (χ4v) is 2.21. The molecule has 0 atom stereocenters. The van der Waals surface area contributed by atoms with Crippen LogP contribution in [0.15, 0.2) is 24.3 Å². The molecule has 0 bridgehead atoms. The van der Waals surface area contributed by atoms with Crippen LogP contribution in [0.1, 0.15) is 11.3 Å². The topological polar surface area (TPSA) is 27.8 Å². The van der Waals surface area contributed by atoms with Gasteiger partial charge in [-0.05, 0) is 23.8 Å². The number of H-pyrrole nitrogens is 1. The van der Waals surface area contributed by atoms with Gasteiger partial charge in [-0.15, -0.1) is 12.4 Å². The molecule has 5 heteroatoms. The zero-order valence-corrected chi connectivity index (χ0v) is 10.4. The second-order valence-electron chi connectivity index (χ2n) is 4.24. The normalized spacial score (nSPS) is 13.9. The third kappa shape index (κ3) is 2.26. The summed E-state index contributed by atoms with van der Waals surface area (Å²) in [6.45, 7) is 1.73. The molecule has 0 saturated carbocycles. The lowest BCUT2D eigenvalue weighted by Crippen LogP contribution is -2.22. The summed E-state index contributed by atoms with van der Waals surface area (Å²) in [6, 6.07) is 5.58. The largest absolute Gasteiger partial charge is 0.358 e. The van der Waals surface area contributed by atoms with Crippen LogP contribution in [-0.4, -0.2) is 11.5 Å². The van der Waals surface area contributed by atoms with Crippen LogP contribution in [0.25, 0.3) is 11.3 Å². The van der Waals surface area contributed by atoms with Gasteiger partial charge >= 0.3 is 0 Å². The number of benzene rings is 1. The second-order valence-corrected chi connectivity index (χ2v) is 4.24. The molecule has 2 heterocycles. The SMILES string of the molecule is Cl.Fc1ccc(-c2cc3c([nH]2)CCNC3)c(F)c1. The first-order valence-electron chi connectivity index (χ1n) is 5.61. The summed E-state index contributed by atoms with van der Waals surface area (Å²) >= 11 is 0. The van der Waals surface area contributed by atoms with Crippen LogP contribution in [0.3, 0.4) is 0 Å². The van der Waals surface area contributed by atoms with E-state index in [0.29, 0.717) is 5.56 Å². The molecule has 96 valence electrons. The van der Waals surface area contributed by atoms with Crippen molar-refractivity contribution >= 4 is 12.4 Å². The van der Waals surface area contributed by atoms with Crippen molar-refractivity contribution in [2.45, 2.75) is 13.0 Å². The Labute approximate surface area is 110 Å². The van der Waals surface area contributed by atoms with Crippen molar-refractivity contribution in [3.63, 3.8) is 0 Å². The Balaban J connectivity index is 0.00000120. The van der Waals surface area contributed by atoms with Crippen molar-refractivity contribution < 1.29 is 8.78 Å². The highest BCUT2D eigenvalue weighted by molar-refractivity contribution is 5.85. The van der Waals surface area contributed by atoms with Gasteiger partial charge in [-0.1, -0.05) is 0 Å². The number of nitrogens with one attached hydrogen (secondary N) is 2. The highest BCUT2D eigenvalue weighted by atomic mass is 35.5. The lowest BCUT2D eigenvalue weighted by Gasteiger charge is -2.11. The van der Waals surface area contributed by atoms with Crippen molar-refractivity contribution in [2.24, 2.45) is 0 Å². The number of fused-ring (bicyclic) bond motifs is 1. The smallest absolute Gasteiger partial charge is 0.135 e. The first kappa shape index (κ1) is 13.1. The van der Waals surface area contributed by atoms with Gasteiger partial charge < -0.3 is 10.3 Å². The third-order valence-electron chi connectivity index (χ3n) is 3.08. The fraction of sp³-hybridized carbons (Fsp3) is 0.231. The minimum atomic E-state index is -0.552. The van der Waals surface area contributed by atoms with Crippen molar-refractivity contribution in [1.29, 1.82) is 0 Å². The summed E-state index contributed by atoms with van der Waals surface area (Å²) in [5.41, 5.74) is 3.44. The average molecular weight is 271 g/mol. The molecule has 0 fully saturated rings. The predicted molar refractivity (Wildman–Crippen MR) is 68.8 cm³/mol. The van der Waals surface area contributed by atoms with Gasteiger partial charge in [0.15, 0.2) is 0 Å². The molecule has 2 nitrogen and oxygen atoms in total. The number of aromatic amines is 1. The number of aromatic nitrogens is 1. The van der Waals surface area contributed by atoms with Crippen LogP contribution in [-0.2, 0) is 13.0 Å². The molecule has 0 radical (unpaired) electrons. The molecular weight excluding hydrogens is 258 g/mol. The quantitative estimate of drug-likeness (QED) is 0.819. The molecule has 0 unspecified atom stereocenters. The zero-order valence-electron chi connectivity index (χ0n) is 9.59. The van der Waals surface area contributed by atoms with Crippen molar-refractivity contribution in [2.75, 3.05) is 6.54 Å². The lowest BCUT2D eigenvalue weighted by atomic mass is 10.1. The second kappa shape index (κ2) is 5.08. The molecule has 1 aromatic heterocycles. The summed E-state index contributed by atoms with van der Waals surface area (Å²) in [4.78, 5) is 3.21. The fourth-order valence-electron chi connectivity index (χ4n) is 2.21. The Morgan fingerprint density at radius 3 is 2.67 bits per heavy atom. The Bertz CT molecular complexity index is 543. The van der Waals surface area contributed by atoms with Gasteiger partial charge in [0.2, 0.25) is 0 Å². The molecule has 18 heavy (non-hydrogen) atoms. The number of hydrogen-bond donors (Lipinski definition) is 2. The summed E-state index contributed by atoms with van der Waals surface area (Å²) < 4.78 is 26.5. The van der Waals surface area contributed by atoms with Crippen LogP contribution in [0.4, 0.5) is 8.78 Å². The van der Waals surface area contributed by atoms with Crippen molar-refractivity contribution in [3.8, 4) is 11.3 Å². The molecular formula is C13H13ClF2N2. The van der Waals surface area contributed by atoms with E-state index >= 15 is 0 Å². The molecule has 0 saturated heterocycles. The predicted octanol–water partition coefficient (Wildman–Crippen LogP) is 3.03. The minimum absolute atomic E-state index is 0. The van der Waals surface area contributed by atoms with Gasteiger partial charge in [0.25, 0.3) is 0 Å². The van der Waals surface area contributed by atoms with Crippen LogP contribution in [0.5, 0.6) is 0 Å². The van der Waals surface area contributed by atoms with Gasteiger partial charge in [0.1, 0.15) is 11.6 Å². The van der Waals surface area contributed by atoms with Gasteiger partial charge in [-0.2, -0.15) is 0 Å². The van der Waals surface area contributed by atoms with Crippen LogP contribution >= 0.6 is 12.4 Å². The van der Waals surface area contributed by atoms with Gasteiger partial charge in [0, 0.05) is 42.5 Å². The summed E-state index contributed by atoms with van der Waals surface area (Å²) in [5, 5.41) is 3.26. The van der Waals surface area contributed by atoms with Gasteiger partial charge in [0.05, 0.1) is 0 Å². The molecule has 1 aliphatic heterocycles. The molecule has 0 aliphatic carbocycles. The first-order chi connectivity index (χ1) is 8.24. The Morgan fingerprint density at radius 2 is 1.94 bits per heavy atom. The van der Waals surface area contributed by atoms with E-state index in [0.717, 1.165) is 42.5 Å². The molecule has 2 N–H and O–H groups in total. The number of rotatable bonds is 1. The van der Waals surface area contributed by atoms with E-state index in [2.05, 4.69) is 10.3 Å². The van der Waals surface area contributed by atoms with E-state index < -0.39 is 11.6 Å². The third-order valence-corrected chi connectivity index (χ3v) is 3.08. The van der Waals surface area contributed by atoms with Gasteiger partial charge in [-0.25, -0.2) is 8.78 Å². The maximum atomic E-state index is 13.6. The molecule has 0 amide bonds. The standard InChI is InChI=1S/C13H12F2N2.ClH/c14-9-1-2-10(11(15)6-9)13-5-8-7-16-4-3-12(8)17-13;/h1-2,5-6,16-17H,3-4,7H2;1H. The van der Waals surface area contributed by atoms with E-state index in [1.807, 2.05) is 6.07 Å². The monoisotopic (exact) mass is 270 g/mol. The van der Waals surface area contributed by atoms with Crippen LogP contribution in [0, 0.1) is 11.6 Å². The van der Waals surface area contributed by atoms with Crippen LogP contribution < -0.4 is 5.32 Å². The number of hydrogen-bond acceptors (Lipinski definition) is 1. The lowest BCUT2D eigenvalue weighted by molar-refractivity contribution is 0.585. The Morgan fingerprint density at radius 1 is 1.11 bits per heavy atom. The highest BCUT2D eigenvalue weighted by Crippen LogP contribution is 2.26. The minimum Gasteiger partial charge on any atom is -0.358 e. The maximum Gasteiger partial charge on any atom is 0.135 e. The Kier molecular flexibility index (Phi) is 3.68. The van der Waals surface area contributed by atoms with Crippen molar-refractivity contribution in [1.82, 2.24) is 10.3 Å². The van der Waals surface area contributed by atoms with Gasteiger partial charge in [-0.3, -0.25) is 0 Å². The van der Waals surface area contributed by atoms with Crippen molar-refractivity contribution in [3.05, 3.63) is 47.2 Å². The molecule has 1 aromatic carbocycles. The summed E-state index contributed by atoms with van der Waals surface area (Å²) in [7, 11) is 0. The first-order valence-corrected chi connectivity index (χ1v) is 5.61. The molecule has 0 spiro atoms. The molecule has 3 rings (SSSR count). The zero-order chi connectivity index (χ0) is 11.8.